The van der Waals surface area contributed by atoms with Crippen LogP contribution in [0.15, 0.2) is 36.0 Å². The van der Waals surface area contributed by atoms with Crippen LogP contribution < -0.4 is 0 Å². The summed E-state index contributed by atoms with van der Waals surface area (Å²) >= 11 is 0. The summed E-state index contributed by atoms with van der Waals surface area (Å²) in [5, 5.41) is 41.5. The van der Waals surface area contributed by atoms with Gasteiger partial charge in [-0.05, 0) is 51.2 Å². The molecule has 1 aliphatic carbocycles. The molecule has 0 radical (unpaired) electrons. The summed E-state index contributed by atoms with van der Waals surface area (Å²) in [7, 11) is 0. The third-order valence-corrected chi connectivity index (χ3v) is 10.7. The highest BCUT2D eigenvalue weighted by atomic mass is 16.6. The van der Waals surface area contributed by atoms with Crippen LogP contribution in [0.4, 0.5) is 9.59 Å². The van der Waals surface area contributed by atoms with Crippen molar-refractivity contribution in [3.8, 4) is 0 Å². The second-order valence-corrected chi connectivity index (χ2v) is 15.3. The Morgan fingerprint density at radius 3 is 2.27 bits per heavy atom. The molecule has 0 unspecified atom stereocenters. The molecule has 0 spiro atoms. The van der Waals surface area contributed by atoms with E-state index in [-0.39, 0.29) is 50.8 Å². The lowest BCUT2D eigenvalue weighted by molar-refractivity contribution is -0.151. The number of amides is 2. The van der Waals surface area contributed by atoms with Gasteiger partial charge in [-0.15, -0.1) is 0 Å². The monoisotopic (exact) mass is 719 g/mol. The van der Waals surface area contributed by atoms with Gasteiger partial charge in [0, 0.05) is 44.1 Å². The summed E-state index contributed by atoms with van der Waals surface area (Å²) in [5.41, 5.74) is -0.769. The van der Waals surface area contributed by atoms with E-state index in [0.717, 1.165) is 18.7 Å². The Labute approximate surface area is 302 Å². The Kier molecular flexibility index (Phi) is 15.4. The molecule has 51 heavy (non-hydrogen) atoms. The van der Waals surface area contributed by atoms with E-state index in [0.29, 0.717) is 19.1 Å². The van der Waals surface area contributed by atoms with Crippen LogP contribution in [0.3, 0.4) is 0 Å². The topological polar surface area (TPSA) is 170 Å². The number of carbonyl (C=O) groups is 3. The van der Waals surface area contributed by atoms with Crippen LogP contribution in [0.2, 0.25) is 0 Å². The SMILES string of the molecule is C/C(=C\C=C\[C@@H](C)COC(=O)N1C[C@@H](O)[C@@H](O)C1)[C@H]1OC(=O)C[C@@H](O)CC[C@](C)(O)[C@@H](OC(=O)N2CCN(C3CCCCCC3)CC2)/C=C\[C@@H]1C. The largest absolute Gasteiger partial charge is 0.457 e. The molecular weight excluding hydrogens is 658 g/mol. The second kappa shape index (κ2) is 19.2. The number of ether oxygens (including phenoxy) is 3. The molecule has 4 rings (SSSR count). The summed E-state index contributed by atoms with van der Waals surface area (Å²) in [4.78, 5) is 44.1. The molecule has 2 amide bonds. The number of cyclic esters (lactones) is 1. The Morgan fingerprint density at radius 2 is 1.63 bits per heavy atom. The van der Waals surface area contributed by atoms with Gasteiger partial charge in [0.05, 0.1) is 44.4 Å². The van der Waals surface area contributed by atoms with E-state index < -0.39 is 54.3 Å². The van der Waals surface area contributed by atoms with E-state index >= 15 is 0 Å². The first-order valence-electron chi connectivity index (χ1n) is 18.8. The fraction of sp³-hybridized carbons (Fsp3) is 0.763. The molecule has 0 aromatic carbocycles. The maximum Gasteiger partial charge on any atom is 0.410 e. The number of piperazine rings is 1. The molecule has 13 heteroatoms. The number of nitrogens with zero attached hydrogens (tertiary/aromatic N) is 3. The third-order valence-electron chi connectivity index (χ3n) is 10.7. The average molecular weight is 720 g/mol. The molecule has 13 nitrogen and oxygen atoms in total. The molecule has 8 atom stereocenters. The molecule has 1 saturated carbocycles. The number of hydrogen-bond acceptors (Lipinski definition) is 11. The lowest BCUT2D eigenvalue weighted by Gasteiger charge is -2.40. The number of aliphatic hydroxyl groups excluding tert-OH is 3. The zero-order valence-electron chi connectivity index (χ0n) is 30.9. The minimum absolute atomic E-state index is 0.0221. The van der Waals surface area contributed by atoms with Crippen LogP contribution in [0.1, 0.15) is 85.5 Å². The van der Waals surface area contributed by atoms with Crippen LogP contribution in [-0.2, 0) is 19.0 Å². The molecular formula is C38H61N3O10. The minimum atomic E-state index is -1.49. The minimum Gasteiger partial charge on any atom is -0.457 e. The van der Waals surface area contributed by atoms with Crippen molar-refractivity contribution in [1.29, 1.82) is 0 Å². The highest BCUT2D eigenvalue weighted by molar-refractivity contribution is 5.70. The Morgan fingerprint density at radius 1 is 0.980 bits per heavy atom. The normalized spacial score (nSPS) is 33.9. The van der Waals surface area contributed by atoms with Crippen LogP contribution in [0.25, 0.3) is 0 Å². The number of allylic oxidation sites excluding steroid dienone is 2. The number of β-amino-alcohol motifs (C(OH)–C–C–N with tert-alkyl or cyclic N) is 2. The van der Waals surface area contributed by atoms with E-state index in [1.165, 1.54) is 43.4 Å². The lowest BCUT2D eigenvalue weighted by atomic mass is 9.89. The smallest absolute Gasteiger partial charge is 0.410 e. The number of esters is 1. The van der Waals surface area contributed by atoms with Crippen LogP contribution >= 0.6 is 0 Å². The molecule has 2 saturated heterocycles. The van der Waals surface area contributed by atoms with Gasteiger partial charge in [0.25, 0.3) is 0 Å². The van der Waals surface area contributed by atoms with E-state index in [1.54, 1.807) is 36.1 Å². The van der Waals surface area contributed by atoms with E-state index in [1.807, 2.05) is 26.8 Å². The standard InChI is InChI=1S/C38H61N3O10/c1-26(25-49-36(46)41-23-31(43)32(44)24-41)10-9-11-27(2)35-28(3)14-15-33(38(4,48)17-16-30(42)22-34(45)51-35)50-37(47)40-20-18-39(19-21-40)29-12-7-5-6-8-13-29/h9-11,14-15,26,28-33,35,42-44,48H,5-8,12-13,16-25H2,1-4H3/b10-9+,15-14-,27-11+/t26-,28+,30+,31-,32+,33+,35-,38+/m1/s1. The van der Waals surface area contributed by atoms with Crippen molar-refractivity contribution in [2.24, 2.45) is 11.8 Å². The highest BCUT2D eigenvalue weighted by Crippen LogP contribution is 2.28. The zero-order valence-corrected chi connectivity index (χ0v) is 30.9. The third kappa shape index (κ3) is 12.3. The van der Waals surface area contributed by atoms with Gasteiger partial charge >= 0.3 is 18.2 Å². The van der Waals surface area contributed by atoms with Crippen molar-refractivity contribution in [1.82, 2.24) is 14.7 Å². The second-order valence-electron chi connectivity index (χ2n) is 15.3. The molecule has 0 bridgehead atoms. The summed E-state index contributed by atoms with van der Waals surface area (Å²) in [6, 6.07) is 0.574. The molecule has 3 heterocycles. The molecule has 288 valence electrons. The van der Waals surface area contributed by atoms with E-state index in [4.69, 9.17) is 14.2 Å². The van der Waals surface area contributed by atoms with Gasteiger partial charge in [0.15, 0.2) is 6.10 Å². The first-order valence-corrected chi connectivity index (χ1v) is 18.8. The summed E-state index contributed by atoms with van der Waals surface area (Å²) in [6.07, 6.45) is 10.6. The molecule has 4 N–H and O–H groups in total. The summed E-state index contributed by atoms with van der Waals surface area (Å²) in [5.74, 6) is -1.09. The number of rotatable bonds is 7. The predicted molar refractivity (Wildman–Crippen MR) is 191 cm³/mol. The van der Waals surface area contributed by atoms with E-state index in [2.05, 4.69) is 4.90 Å². The number of aliphatic hydroxyl groups is 4. The first kappa shape index (κ1) is 40.8. The van der Waals surface area contributed by atoms with E-state index in [9.17, 15) is 34.8 Å². The Hall–Kier alpha value is -2.97. The number of likely N-dealkylation sites (tertiary alicyclic amines) is 1. The summed E-state index contributed by atoms with van der Waals surface area (Å²) < 4.78 is 17.2. The fourth-order valence-electron chi connectivity index (χ4n) is 7.29. The van der Waals surface area contributed by atoms with Gasteiger partial charge in [-0.2, -0.15) is 0 Å². The molecule has 4 aliphatic rings. The molecule has 0 aromatic heterocycles. The van der Waals surface area contributed by atoms with Gasteiger partial charge in [-0.1, -0.05) is 63.8 Å². The van der Waals surface area contributed by atoms with Crippen molar-refractivity contribution in [3.63, 3.8) is 0 Å². The fourth-order valence-corrected chi connectivity index (χ4v) is 7.29. The van der Waals surface area contributed by atoms with Crippen LogP contribution in [0.5, 0.6) is 0 Å². The van der Waals surface area contributed by atoms with Crippen molar-refractivity contribution in [2.75, 3.05) is 45.9 Å². The van der Waals surface area contributed by atoms with Gasteiger partial charge in [-0.25, -0.2) is 9.59 Å². The Balaban J connectivity index is 1.39. The van der Waals surface area contributed by atoms with Gasteiger partial charge in [-0.3, -0.25) is 9.69 Å². The van der Waals surface area contributed by atoms with Crippen molar-refractivity contribution in [3.05, 3.63) is 36.0 Å². The van der Waals surface area contributed by atoms with Crippen molar-refractivity contribution >= 4 is 18.2 Å². The molecule has 3 fully saturated rings. The number of carbonyl (C=O) groups excluding carboxylic acids is 3. The maximum absolute atomic E-state index is 13.4. The lowest BCUT2D eigenvalue weighted by Crippen LogP contribution is -2.53. The zero-order chi connectivity index (χ0) is 37.1. The quantitative estimate of drug-likeness (QED) is 0.0999. The first-order chi connectivity index (χ1) is 24.2. The van der Waals surface area contributed by atoms with Crippen LogP contribution in [0, 0.1) is 11.8 Å². The number of hydrogen-bond donors (Lipinski definition) is 4. The van der Waals surface area contributed by atoms with Crippen molar-refractivity contribution in [2.45, 2.75) is 128 Å². The van der Waals surface area contributed by atoms with Gasteiger partial charge in [0.1, 0.15) is 11.7 Å². The van der Waals surface area contributed by atoms with Gasteiger partial charge < -0.3 is 44.4 Å². The summed E-state index contributed by atoms with van der Waals surface area (Å²) in [6.45, 7) is 10.0. The van der Waals surface area contributed by atoms with Gasteiger partial charge in [0.2, 0.25) is 0 Å². The van der Waals surface area contributed by atoms with Crippen LogP contribution in [-0.4, -0.2) is 141 Å². The van der Waals surface area contributed by atoms with Crippen molar-refractivity contribution < 1.29 is 49.0 Å². The Bertz CT molecular complexity index is 1230. The molecule has 0 aromatic rings. The predicted octanol–water partition coefficient (Wildman–Crippen LogP) is 3.54. The maximum atomic E-state index is 13.4. The highest BCUT2D eigenvalue weighted by Gasteiger charge is 2.37. The average Bonchev–Trinajstić information content (AvgIpc) is 3.25. The molecule has 3 aliphatic heterocycles.